The van der Waals surface area contributed by atoms with Crippen LogP contribution in [0.3, 0.4) is 0 Å². The zero-order valence-corrected chi connectivity index (χ0v) is 17.7. The van der Waals surface area contributed by atoms with Crippen LogP contribution in [0.4, 0.5) is 5.69 Å². The van der Waals surface area contributed by atoms with Gasteiger partial charge in [0.1, 0.15) is 5.01 Å². The number of para-hydroxylation sites is 2. The highest BCUT2D eigenvalue weighted by Gasteiger charge is 2.32. The van der Waals surface area contributed by atoms with Crippen molar-refractivity contribution < 1.29 is 9.59 Å². The van der Waals surface area contributed by atoms with Crippen LogP contribution in [-0.2, 0) is 16.0 Å². The number of carbonyl (C=O) groups excluding carboxylic acids is 2. The summed E-state index contributed by atoms with van der Waals surface area (Å²) in [6.45, 7) is 0.777. The Morgan fingerprint density at radius 1 is 1.13 bits per heavy atom. The number of carbonyl (C=O) groups is 2. The Bertz CT molecular complexity index is 1060. The van der Waals surface area contributed by atoms with Gasteiger partial charge < -0.3 is 10.2 Å². The first-order valence-corrected chi connectivity index (χ1v) is 11.5. The molecule has 0 radical (unpaired) electrons. The van der Waals surface area contributed by atoms with Gasteiger partial charge in [0.05, 0.1) is 16.3 Å². The normalized spacial score (nSPS) is 21.3. The minimum atomic E-state index is -0.144. The number of piperidine rings is 1. The minimum Gasteiger partial charge on any atom is -0.333 e. The summed E-state index contributed by atoms with van der Waals surface area (Å²) in [5, 5.41) is 4.03. The average Bonchev–Trinajstić information content (AvgIpc) is 3.21. The van der Waals surface area contributed by atoms with E-state index in [1.807, 2.05) is 41.3 Å². The Labute approximate surface area is 180 Å². The molecule has 2 aliphatic rings. The smallest absolute Gasteiger partial charge is 0.227 e. The van der Waals surface area contributed by atoms with Crippen molar-refractivity contribution in [1.82, 2.24) is 9.88 Å². The van der Waals surface area contributed by atoms with Crippen molar-refractivity contribution in [1.29, 1.82) is 0 Å². The Morgan fingerprint density at radius 2 is 1.97 bits per heavy atom. The molecule has 6 heteroatoms. The second-order valence-electron chi connectivity index (χ2n) is 8.20. The van der Waals surface area contributed by atoms with Gasteiger partial charge in [-0.05, 0) is 55.9 Å². The summed E-state index contributed by atoms with van der Waals surface area (Å²) in [6, 6.07) is 16.1. The van der Waals surface area contributed by atoms with Crippen molar-refractivity contribution in [2.45, 2.75) is 44.6 Å². The van der Waals surface area contributed by atoms with Crippen LogP contribution in [0.15, 0.2) is 48.5 Å². The number of hydrogen-bond acceptors (Lipinski definition) is 4. The maximum Gasteiger partial charge on any atom is 0.227 e. The van der Waals surface area contributed by atoms with Gasteiger partial charge in [-0.3, -0.25) is 9.59 Å². The summed E-state index contributed by atoms with van der Waals surface area (Å²) in [5.41, 5.74) is 3.06. The molecule has 0 unspecified atom stereocenters. The summed E-state index contributed by atoms with van der Waals surface area (Å²) < 4.78 is 1.17. The van der Waals surface area contributed by atoms with Crippen molar-refractivity contribution in [3.8, 4) is 0 Å². The molecule has 0 spiro atoms. The highest BCUT2D eigenvalue weighted by atomic mass is 32.1. The van der Waals surface area contributed by atoms with E-state index < -0.39 is 0 Å². The molecule has 30 heavy (non-hydrogen) atoms. The minimum absolute atomic E-state index is 0.0304. The van der Waals surface area contributed by atoms with E-state index in [-0.39, 0.29) is 23.8 Å². The van der Waals surface area contributed by atoms with Crippen molar-refractivity contribution in [2.24, 2.45) is 5.92 Å². The zero-order valence-electron chi connectivity index (χ0n) is 16.8. The second kappa shape index (κ2) is 8.19. The Kier molecular flexibility index (Phi) is 5.25. The molecule has 2 amide bonds. The van der Waals surface area contributed by atoms with Crippen molar-refractivity contribution in [3.05, 3.63) is 59.1 Å². The summed E-state index contributed by atoms with van der Waals surface area (Å²) in [5.74, 6) is 0.0306. The van der Waals surface area contributed by atoms with Gasteiger partial charge in [0.15, 0.2) is 0 Å². The molecule has 0 aliphatic carbocycles. The van der Waals surface area contributed by atoms with Crippen LogP contribution >= 0.6 is 11.3 Å². The van der Waals surface area contributed by atoms with E-state index in [1.165, 1.54) is 4.70 Å². The van der Waals surface area contributed by atoms with Crippen LogP contribution in [0, 0.1) is 5.92 Å². The maximum atomic E-state index is 13.2. The predicted octanol–water partition coefficient (Wildman–Crippen LogP) is 4.94. The lowest BCUT2D eigenvalue weighted by molar-refractivity contribution is -0.135. The monoisotopic (exact) mass is 419 g/mol. The molecule has 0 saturated carbocycles. The Morgan fingerprint density at radius 3 is 2.87 bits per heavy atom. The third-order valence-electron chi connectivity index (χ3n) is 6.24. The van der Waals surface area contributed by atoms with Crippen LogP contribution in [0.25, 0.3) is 10.2 Å². The van der Waals surface area contributed by atoms with Gasteiger partial charge in [0, 0.05) is 24.6 Å². The largest absolute Gasteiger partial charge is 0.333 e. The number of rotatable bonds is 4. The van der Waals surface area contributed by atoms with E-state index in [2.05, 4.69) is 17.4 Å². The molecule has 5 nitrogen and oxygen atoms in total. The summed E-state index contributed by atoms with van der Waals surface area (Å²) >= 11 is 1.69. The fourth-order valence-electron chi connectivity index (χ4n) is 4.61. The first-order chi connectivity index (χ1) is 14.7. The van der Waals surface area contributed by atoms with E-state index in [0.717, 1.165) is 47.6 Å². The Hall–Kier alpha value is -2.73. The first kappa shape index (κ1) is 19.2. The number of benzene rings is 2. The van der Waals surface area contributed by atoms with Gasteiger partial charge in [0.25, 0.3) is 0 Å². The molecule has 5 rings (SSSR count). The van der Waals surface area contributed by atoms with Gasteiger partial charge in [-0.15, -0.1) is 11.3 Å². The van der Waals surface area contributed by atoms with Crippen molar-refractivity contribution in [2.75, 3.05) is 11.9 Å². The lowest BCUT2D eigenvalue weighted by Crippen LogP contribution is -2.39. The van der Waals surface area contributed by atoms with Crippen LogP contribution in [0.2, 0.25) is 0 Å². The molecule has 0 bridgehead atoms. The second-order valence-corrected chi connectivity index (χ2v) is 9.27. The quantitative estimate of drug-likeness (QED) is 0.651. The average molecular weight is 420 g/mol. The maximum absolute atomic E-state index is 13.2. The molecule has 2 aliphatic heterocycles. The molecular formula is C24H25N3O2S. The molecule has 2 aromatic carbocycles. The van der Waals surface area contributed by atoms with E-state index >= 15 is 0 Å². The number of amides is 2. The number of hydrogen-bond donors (Lipinski definition) is 1. The zero-order chi connectivity index (χ0) is 20.5. The molecule has 1 aromatic heterocycles. The summed E-state index contributed by atoms with van der Waals surface area (Å²) in [7, 11) is 0. The topological polar surface area (TPSA) is 62.3 Å². The number of aromatic nitrogens is 1. The van der Waals surface area contributed by atoms with Gasteiger partial charge in [0.2, 0.25) is 11.8 Å². The highest BCUT2D eigenvalue weighted by molar-refractivity contribution is 7.18. The third-order valence-corrected chi connectivity index (χ3v) is 7.38. The standard InChI is InChI=1S/C24H25N3O2S/c28-22(13-12-17-15-16-7-1-2-8-18(16)25-23(17)29)27-14-6-5-10-20(27)24-26-19-9-3-4-11-21(19)30-24/h1-4,7-9,11,17,20H,5-6,10,12-15H2,(H,25,29)/t17-,20-/m1/s1. The number of nitrogens with zero attached hydrogens (tertiary/aromatic N) is 2. The first-order valence-electron chi connectivity index (χ1n) is 10.7. The Balaban J connectivity index is 1.28. The number of likely N-dealkylation sites (tertiary alicyclic amines) is 1. The van der Waals surface area contributed by atoms with Gasteiger partial charge in [-0.2, -0.15) is 0 Å². The van der Waals surface area contributed by atoms with Crippen LogP contribution in [-0.4, -0.2) is 28.2 Å². The number of thiazole rings is 1. The van der Waals surface area contributed by atoms with E-state index in [1.54, 1.807) is 11.3 Å². The van der Waals surface area contributed by atoms with Crippen LogP contribution in [0.5, 0.6) is 0 Å². The third kappa shape index (κ3) is 3.72. The van der Waals surface area contributed by atoms with Gasteiger partial charge >= 0.3 is 0 Å². The lowest BCUT2D eigenvalue weighted by atomic mass is 9.89. The van der Waals surface area contributed by atoms with E-state index in [9.17, 15) is 9.59 Å². The molecule has 1 saturated heterocycles. The van der Waals surface area contributed by atoms with Crippen molar-refractivity contribution >= 4 is 39.1 Å². The number of fused-ring (bicyclic) bond motifs is 2. The lowest BCUT2D eigenvalue weighted by Gasteiger charge is -2.35. The summed E-state index contributed by atoms with van der Waals surface area (Å²) in [6.07, 6.45) is 4.81. The molecule has 1 N–H and O–H groups in total. The fraction of sp³-hybridized carbons (Fsp3) is 0.375. The van der Waals surface area contributed by atoms with Crippen molar-refractivity contribution in [3.63, 3.8) is 0 Å². The molecule has 3 aromatic rings. The fourth-order valence-corrected chi connectivity index (χ4v) is 5.72. The number of nitrogens with one attached hydrogen (secondary N) is 1. The molecule has 3 heterocycles. The molecule has 2 atom stereocenters. The molecule has 1 fully saturated rings. The summed E-state index contributed by atoms with van der Waals surface area (Å²) in [4.78, 5) is 32.5. The number of anilines is 1. The van der Waals surface area contributed by atoms with E-state index in [4.69, 9.17) is 4.98 Å². The molecular weight excluding hydrogens is 394 g/mol. The van der Waals surface area contributed by atoms with Gasteiger partial charge in [-0.25, -0.2) is 4.98 Å². The van der Waals surface area contributed by atoms with Crippen LogP contribution in [0.1, 0.15) is 48.7 Å². The SMILES string of the molecule is O=C1Nc2ccccc2C[C@H]1CCC(=O)N1CCCC[C@@H]1c1nc2ccccc2s1. The van der Waals surface area contributed by atoms with E-state index in [0.29, 0.717) is 19.3 Å². The predicted molar refractivity (Wildman–Crippen MR) is 119 cm³/mol. The van der Waals surface area contributed by atoms with Gasteiger partial charge in [-0.1, -0.05) is 30.3 Å². The highest BCUT2D eigenvalue weighted by Crippen LogP contribution is 2.36. The van der Waals surface area contributed by atoms with Crippen LogP contribution < -0.4 is 5.32 Å². The molecule has 154 valence electrons.